The molecule has 0 radical (unpaired) electrons. The fraction of sp³-hybridized carbons (Fsp3) is 0.462. The van der Waals surface area contributed by atoms with Gasteiger partial charge in [-0.2, -0.15) is 0 Å². The molecule has 2 fully saturated rings. The number of ketones is 1. The van der Waals surface area contributed by atoms with Crippen LogP contribution in [-0.2, 0) is 0 Å². The van der Waals surface area contributed by atoms with Crippen LogP contribution in [0.25, 0.3) is 0 Å². The number of Topliss-reactive ketones (excluding diaryl/α,β-unsaturated/α-hetero) is 1. The molecule has 1 nitrogen and oxygen atoms in total. The summed E-state index contributed by atoms with van der Waals surface area (Å²) in [6, 6.07) is 7.40. The van der Waals surface area contributed by atoms with Crippen molar-refractivity contribution in [2.45, 2.75) is 19.3 Å². The molecule has 0 N–H and O–H groups in total. The van der Waals surface area contributed by atoms with Gasteiger partial charge in [0.15, 0.2) is 5.78 Å². The molecular formula is C13H13ClO. The molecule has 0 spiro atoms. The topological polar surface area (TPSA) is 17.1 Å². The molecule has 15 heavy (non-hydrogen) atoms. The molecule has 0 saturated heterocycles. The second-order valence-electron chi connectivity index (χ2n) is 4.63. The maximum atomic E-state index is 12.2. The highest BCUT2D eigenvalue weighted by Gasteiger charge is 2.56. The van der Waals surface area contributed by atoms with Crippen LogP contribution in [0.2, 0.25) is 5.02 Å². The van der Waals surface area contributed by atoms with Gasteiger partial charge in [-0.25, -0.2) is 0 Å². The molecule has 0 heterocycles. The molecule has 0 aliphatic heterocycles. The van der Waals surface area contributed by atoms with Gasteiger partial charge in [-0.1, -0.05) is 30.2 Å². The second kappa shape index (κ2) is 3.34. The van der Waals surface area contributed by atoms with Gasteiger partial charge >= 0.3 is 0 Å². The Morgan fingerprint density at radius 1 is 1.20 bits per heavy atom. The van der Waals surface area contributed by atoms with Gasteiger partial charge in [0.2, 0.25) is 0 Å². The number of hydrogen-bond acceptors (Lipinski definition) is 1. The van der Waals surface area contributed by atoms with E-state index < -0.39 is 0 Å². The summed E-state index contributed by atoms with van der Waals surface area (Å²) >= 11 is 6.03. The van der Waals surface area contributed by atoms with Gasteiger partial charge in [0.1, 0.15) is 0 Å². The van der Waals surface area contributed by atoms with E-state index in [1.165, 1.54) is 19.3 Å². The van der Waals surface area contributed by atoms with Crippen LogP contribution < -0.4 is 0 Å². The summed E-state index contributed by atoms with van der Waals surface area (Å²) in [7, 11) is 0. The first kappa shape index (κ1) is 9.41. The van der Waals surface area contributed by atoms with E-state index >= 15 is 0 Å². The average Bonchev–Trinajstić information content (AvgIpc) is 2.72. The number of benzene rings is 1. The Bertz CT molecular complexity index is 403. The third kappa shape index (κ3) is 1.41. The lowest BCUT2D eigenvalue weighted by atomic mass is 10.0. The summed E-state index contributed by atoms with van der Waals surface area (Å²) in [5.74, 6) is 1.91. The summed E-state index contributed by atoms with van der Waals surface area (Å²) < 4.78 is 0. The van der Waals surface area contributed by atoms with Crippen molar-refractivity contribution in [3.05, 3.63) is 34.9 Å². The Balaban J connectivity index is 1.84. The van der Waals surface area contributed by atoms with Crippen LogP contribution in [0.1, 0.15) is 29.6 Å². The lowest BCUT2D eigenvalue weighted by molar-refractivity contribution is 0.0952. The summed E-state index contributed by atoms with van der Waals surface area (Å²) in [5, 5.41) is 0.604. The van der Waals surface area contributed by atoms with E-state index in [1.54, 1.807) is 6.07 Å². The molecule has 0 bridgehead atoms. The van der Waals surface area contributed by atoms with E-state index in [9.17, 15) is 4.79 Å². The SMILES string of the molecule is O=C(c1ccccc1Cl)C1C2CCCC21. The molecule has 2 atom stereocenters. The van der Waals surface area contributed by atoms with Crippen LogP contribution in [0.5, 0.6) is 0 Å². The molecule has 2 heteroatoms. The highest BCUT2D eigenvalue weighted by molar-refractivity contribution is 6.34. The van der Waals surface area contributed by atoms with Crippen molar-refractivity contribution < 1.29 is 4.79 Å². The first-order valence-electron chi connectivity index (χ1n) is 5.58. The molecule has 2 aliphatic rings. The molecule has 0 aromatic heterocycles. The van der Waals surface area contributed by atoms with Crippen LogP contribution in [0.3, 0.4) is 0 Å². The fourth-order valence-corrected chi connectivity index (χ4v) is 3.28. The lowest BCUT2D eigenvalue weighted by Gasteiger charge is -2.04. The van der Waals surface area contributed by atoms with Crippen molar-refractivity contribution in [1.29, 1.82) is 0 Å². The molecule has 0 amide bonds. The van der Waals surface area contributed by atoms with E-state index in [-0.39, 0.29) is 5.78 Å². The average molecular weight is 221 g/mol. The van der Waals surface area contributed by atoms with Gasteiger partial charge in [0, 0.05) is 11.5 Å². The Hall–Kier alpha value is -0.820. The highest BCUT2D eigenvalue weighted by atomic mass is 35.5. The molecule has 3 rings (SSSR count). The third-order valence-corrected chi connectivity index (χ3v) is 4.18. The van der Waals surface area contributed by atoms with Crippen molar-refractivity contribution in [3.8, 4) is 0 Å². The number of carbonyl (C=O) groups excluding carboxylic acids is 1. The Labute approximate surface area is 94.4 Å². The Kier molecular flexibility index (Phi) is 2.10. The number of fused-ring (bicyclic) bond motifs is 1. The summed E-state index contributed by atoms with van der Waals surface area (Å²) in [4.78, 5) is 12.2. The van der Waals surface area contributed by atoms with Crippen molar-refractivity contribution >= 4 is 17.4 Å². The van der Waals surface area contributed by atoms with Crippen molar-refractivity contribution in [1.82, 2.24) is 0 Å². The molecule has 1 aromatic carbocycles. The van der Waals surface area contributed by atoms with Crippen LogP contribution >= 0.6 is 11.6 Å². The van der Waals surface area contributed by atoms with Gasteiger partial charge < -0.3 is 0 Å². The van der Waals surface area contributed by atoms with Crippen LogP contribution in [0.15, 0.2) is 24.3 Å². The number of hydrogen-bond donors (Lipinski definition) is 0. The number of carbonyl (C=O) groups is 1. The zero-order chi connectivity index (χ0) is 10.4. The molecule has 1 aromatic rings. The van der Waals surface area contributed by atoms with Gasteiger partial charge in [0.05, 0.1) is 5.02 Å². The normalized spacial score (nSPS) is 32.5. The Morgan fingerprint density at radius 2 is 1.87 bits per heavy atom. The van der Waals surface area contributed by atoms with E-state index in [0.717, 1.165) is 5.56 Å². The summed E-state index contributed by atoms with van der Waals surface area (Å²) in [6.07, 6.45) is 3.79. The van der Waals surface area contributed by atoms with E-state index in [2.05, 4.69) is 0 Å². The van der Waals surface area contributed by atoms with Crippen LogP contribution in [0.4, 0.5) is 0 Å². The quantitative estimate of drug-likeness (QED) is 0.697. The van der Waals surface area contributed by atoms with Gasteiger partial charge in [0.25, 0.3) is 0 Å². The van der Waals surface area contributed by atoms with Gasteiger partial charge in [-0.05, 0) is 36.8 Å². The van der Waals surface area contributed by atoms with E-state index in [4.69, 9.17) is 11.6 Å². The molecule has 2 unspecified atom stereocenters. The summed E-state index contributed by atoms with van der Waals surface area (Å²) in [6.45, 7) is 0. The standard InChI is InChI=1S/C13H13ClO/c14-11-7-2-1-4-10(11)13(15)12-8-5-3-6-9(8)12/h1-2,4,7-9,12H,3,5-6H2. The third-order valence-electron chi connectivity index (χ3n) is 3.85. The molecule has 2 aliphatic carbocycles. The van der Waals surface area contributed by atoms with E-state index in [1.807, 2.05) is 18.2 Å². The number of rotatable bonds is 2. The van der Waals surface area contributed by atoms with Crippen molar-refractivity contribution in [2.24, 2.45) is 17.8 Å². The minimum Gasteiger partial charge on any atom is -0.294 e. The minimum absolute atomic E-state index is 0.273. The van der Waals surface area contributed by atoms with Crippen molar-refractivity contribution in [3.63, 3.8) is 0 Å². The smallest absolute Gasteiger partial charge is 0.168 e. The van der Waals surface area contributed by atoms with Crippen LogP contribution in [0, 0.1) is 17.8 Å². The molecule has 78 valence electrons. The minimum atomic E-state index is 0.273. The first-order valence-corrected chi connectivity index (χ1v) is 5.95. The predicted octanol–water partition coefficient (Wildman–Crippen LogP) is 3.57. The largest absolute Gasteiger partial charge is 0.294 e. The molecular weight excluding hydrogens is 208 g/mol. The highest BCUT2D eigenvalue weighted by Crippen LogP contribution is 2.58. The maximum Gasteiger partial charge on any atom is 0.168 e. The van der Waals surface area contributed by atoms with Gasteiger partial charge in [-0.3, -0.25) is 4.79 Å². The first-order chi connectivity index (χ1) is 7.29. The lowest BCUT2D eigenvalue weighted by Crippen LogP contribution is -2.06. The number of halogens is 1. The predicted molar refractivity (Wildman–Crippen MR) is 60.1 cm³/mol. The maximum absolute atomic E-state index is 12.2. The van der Waals surface area contributed by atoms with Crippen LogP contribution in [-0.4, -0.2) is 5.78 Å². The second-order valence-corrected chi connectivity index (χ2v) is 5.04. The zero-order valence-electron chi connectivity index (χ0n) is 8.45. The summed E-state index contributed by atoms with van der Waals surface area (Å²) in [5.41, 5.74) is 0.721. The van der Waals surface area contributed by atoms with E-state index in [0.29, 0.717) is 22.8 Å². The molecule has 2 saturated carbocycles. The van der Waals surface area contributed by atoms with Gasteiger partial charge in [-0.15, -0.1) is 0 Å². The monoisotopic (exact) mass is 220 g/mol. The van der Waals surface area contributed by atoms with Crippen molar-refractivity contribution in [2.75, 3.05) is 0 Å². The zero-order valence-corrected chi connectivity index (χ0v) is 9.20. The fourth-order valence-electron chi connectivity index (χ4n) is 3.05. The Morgan fingerprint density at radius 3 is 2.53 bits per heavy atom.